The topological polar surface area (TPSA) is 109 Å². The zero-order chi connectivity index (χ0) is 22.6. The molecule has 0 aliphatic heterocycles. The van der Waals surface area contributed by atoms with Gasteiger partial charge < -0.3 is 10.1 Å². The van der Waals surface area contributed by atoms with Gasteiger partial charge in [0.25, 0.3) is 0 Å². The minimum atomic E-state index is -2.36. The molecule has 0 fully saturated rings. The molecular formula is C20H17F3N6OS. The van der Waals surface area contributed by atoms with Gasteiger partial charge in [0.1, 0.15) is 23.1 Å². The lowest BCUT2D eigenvalue weighted by Crippen LogP contribution is -2.11. The average Bonchev–Trinajstić information content (AvgIpc) is 2.68. The fourth-order valence-electron chi connectivity index (χ4n) is 2.72. The van der Waals surface area contributed by atoms with Crippen LogP contribution in [0.15, 0.2) is 42.6 Å². The average molecular weight is 446 g/mol. The second-order valence-electron chi connectivity index (χ2n) is 6.31. The molecule has 2 aromatic carbocycles. The van der Waals surface area contributed by atoms with Gasteiger partial charge in [-0.15, -0.1) is 0 Å². The standard InChI is InChI=1S/C20H17F3N6OS/c1-30-18-8-13(21)3-4-16(18)19-17(23)9-26-20(29-19)28-15-6-12(5-14(22)7-15)10-31(2,25)27-11-24/h3-10,27H,2,25H2,1H3,(H,26,28,29). The van der Waals surface area contributed by atoms with Crippen LogP contribution in [0.25, 0.3) is 11.3 Å². The number of nitrogens with two attached hydrogens (primary N) is 1. The summed E-state index contributed by atoms with van der Waals surface area (Å²) in [5, 5.41) is 18.8. The van der Waals surface area contributed by atoms with Gasteiger partial charge in [0.2, 0.25) is 5.95 Å². The van der Waals surface area contributed by atoms with Gasteiger partial charge in [-0.05, 0) is 47.1 Å². The van der Waals surface area contributed by atoms with Crippen LogP contribution in [0.2, 0.25) is 0 Å². The molecule has 1 atom stereocenters. The van der Waals surface area contributed by atoms with Crippen molar-refractivity contribution in [1.29, 1.82) is 5.26 Å². The van der Waals surface area contributed by atoms with Crippen molar-refractivity contribution in [1.82, 2.24) is 14.7 Å². The van der Waals surface area contributed by atoms with Crippen LogP contribution in [0.3, 0.4) is 0 Å². The molecule has 3 aromatic rings. The molecule has 0 bridgehead atoms. The largest absolute Gasteiger partial charge is 0.496 e. The number of hydrogen-bond acceptors (Lipinski definition) is 7. The second-order valence-corrected chi connectivity index (χ2v) is 8.45. The highest BCUT2D eigenvalue weighted by Crippen LogP contribution is 2.31. The van der Waals surface area contributed by atoms with Crippen LogP contribution in [0.1, 0.15) is 5.56 Å². The second kappa shape index (κ2) is 8.95. The van der Waals surface area contributed by atoms with Crippen LogP contribution >= 0.6 is 9.58 Å². The Morgan fingerprint density at radius 2 is 1.97 bits per heavy atom. The molecule has 0 radical (unpaired) electrons. The maximum absolute atomic E-state index is 14.4. The monoisotopic (exact) mass is 446 g/mol. The number of hydrogen-bond donors (Lipinski definition) is 3. The van der Waals surface area contributed by atoms with E-state index in [2.05, 4.69) is 25.9 Å². The number of rotatable bonds is 6. The summed E-state index contributed by atoms with van der Waals surface area (Å²) >= 11 is 0. The third kappa shape index (κ3) is 5.44. The number of halogens is 3. The quantitative estimate of drug-likeness (QED) is 0.302. The zero-order valence-corrected chi connectivity index (χ0v) is 17.0. The van der Waals surface area contributed by atoms with Gasteiger partial charge in [-0.1, -0.05) is 9.58 Å². The Labute approximate surface area is 177 Å². The Morgan fingerprint density at radius 3 is 2.68 bits per heavy atom. The highest BCUT2D eigenvalue weighted by Gasteiger charge is 2.15. The number of nitrogens with one attached hydrogen (secondary N) is 2. The first-order valence-corrected chi connectivity index (χ1v) is 10.5. The van der Waals surface area contributed by atoms with Crippen molar-refractivity contribution in [2.75, 3.05) is 12.4 Å². The summed E-state index contributed by atoms with van der Waals surface area (Å²) in [5.41, 5.74) is 0.706. The molecule has 0 aliphatic rings. The van der Waals surface area contributed by atoms with Gasteiger partial charge in [-0.3, -0.25) is 9.86 Å². The van der Waals surface area contributed by atoms with Crippen LogP contribution in [0.5, 0.6) is 5.75 Å². The van der Waals surface area contributed by atoms with Gasteiger partial charge in [0.15, 0.2) is 12.0 Å². The van der Waals surface area contributed by atoms with Crippen molar-refractivity contribution in [3.05, 3.63) is 65.6 Å². The number of methoxy groups -OCH3 is 1. The molecule has 1 aromatic heterocycles. The molecule has 160 valence electrons. The molecule has 0 saturated heterocycles. The van der Waals surface area contributed by atoms with Crippen LogP contribution in [-0.4, -0.2) is 28.3 Å². The Bertz CT molecular complexity index is 1300. The van der Waals surface area contributed by atoms with E-state index >= 15 is 0 Å². The summed E-state index contributed by atoms with van der Waals surface area (Å²) in [4.78, 5) is 7.98. The number of benzene rings is 2. The fraction of sp³-hybridized carbons (Fsp3) is 0.0500. The van der Waals surface area contributed by atoms with E-state index in [4.69, 9.17) is 15.1 Å². The third-order valence-corrected chi connectivity index (χ3v) is 5.09. The SMILES string of the molecule is C=S(N)(=Cc1cc(F)cc(Nc2ncc(F)c(-c3ccc(F)cc3OC)n2)c1)NC#N. The molecule has 1 unspecified atom stereocenters. The Morgan fingerprint density at radius 1 is 1.19 bits per heavy atom. The molecule has 4 N–H and O–H groups in total. The number of aromatic nitrogens is 2. The predicted molar refractivity (Wildman–Crippen MR) is 116 cm³/mol. The zero-order valence-electron chi connectivity index (χ0n) is 16.2. The van der Waals surface area contributed by atoms with Crippen LogP contribution in [0.4, 0.5) is 24.8 Å². The first-order valence-electron chi connectivity index (χ1n) is 8.59. The van der Waals surface area contributed by atoms with E-state index in [0.717, 1.165) is 18.3 Å². The van der Waals surface area contributed by atoms with E-state index in [9.17, 15) is 13.2 Å². The van der Waals surface area contributed by atoms with Crippen LogP contribution < -0.4 is 19.9 Å². The first-order chi connectivity index (χ1) is 14.7. The van der Waals surface area contributed by atoms with E-state index in [0.29, 0.717) is 5.56 Å². The highest BCUT2D eigenvalue weighted by molar-refractivity contribution is 8.25. The van der Waals surface area contributed by atoms with Gasteiger partial charge >= 0.3 is 0 Å². The lowest BCUT2D eigenvalue weighted by Gasteiger charge is -2.12. The molecule has 1 heterocycles. The summed E-state index contributed by atoms with van der Waals surface area (Å²) in [6.45, 7) is 0. The Balaban J connectivity index is 1.99. The van der Waals surface area contributed by atoms with Crippen molar-refractivity contribution >= 4 is 32.5 Å². The molecule has 7 nitrogen and oxygen atoms in total. The smallest absolute Gasteiger partial charge is 0.227 e. The number of nitriles is 1. The predicted octanol–water partition coefficient (Wildman–Crippen LogP) is 3.56. The number of ether oxygens (including phenoxy) is 1. The first kappa shape index (κ1) is 21.9. The maximum atomic E-state index is 14.4. The Kier molecular flexibility index (Phi) is 6.33. The summed E-state index contributed by atoms with van der Waals surface area (Å²) in [6, 6.07) is 7.51. The van der Waals surface area contributed by atoms with E-state index in [1.165, 1.54) is 36.7 Å². The molecule has 31 heavy (non-hydrogen) atoms. The summed E-state index contributed by atoms with van der Waals surface area (Å²) in [5.74, 6) is 1.87. The highest BCUT2D eigenvalue weighted by atomic mass is 32.2. The lowest BCUT2D eigenvalue weighted by atomic mass is 10.1. The molecule has 3 rings (SSSR count). The third-order valence-electron chi connectivity index (χ3n) is 3.92. The van der Waals surface area contributed by atoms with Crippen molar-refractivity contribution in [3.8, 4) is 23.2 Å². The maximum Gasteiger partial charge on any atom is 0.227 e. The molecular weight excluding hydrogens is 429 g/mol. The van der Waals surface area contributed by atoms with Gasteiger partial charge in [0, 0.05) is 17.3 Å². The molecule has 11 heteroatoms. The van der Waals surface area contributed by atoms with Crippen molar-refractivity contribution in [3.63, 3.8) is 0 Å². The minimum Gasteiger partial charge on any atom is -0.496 e. The fourth-order valence-corrected chi connectivity index (χ4v) is 3.57. The summed E-state index contributed by atoms with van der Waals surface area (Å²) in [6.07, 6.45) is 2.64. The van der Waals surface area contributed by atoms with Gasteiger partial charge in [-0.2, -0.15) is 5.26 Å². The van der Waals surface area contributed by atoms with Crippen LogP contribution in [0, 0.1) is 28.9 Å². The summed E-state index contributed by atoms with van der Waals surface area (Å²) in [7, 11) is -1.03. The molecule has 0 saturated carbocycles. The van der Waals surface area contributed by atoms with E-state index in [1.54, 1.807) is 6.19 Å². The van der Waals surface area contributed by atoms with E-state index in [1.807, 2.05) is 0 Å². The van der Waals surface area contributed by atoms with Crippen molar-refractivity contribution in [2.45, 2.75) is 0 Å². The minimum absolute atomic E-state index is 0.0320. The molecule has 0 spiro atoms. The van der Waals surface area contributed by atoms with E-state index < -0.39 is 27.0 Å². The van der Waals surface area contributed by atoms with E-state index in [-0.39, 0.29) is 28.6 Å². The summed E-state index contributed by atoms with van der Waals surface area (Å²) < 4.78 is 49.4. The van der Waals surface area contributed by atoms with Crippen LogP contribution in [-0.2, 0) is 0 Å². The Hall–Kier alpha value is -3.75. The number of anilines is 2. The lowest BCUT2D eigenvalue weighted by molar-refractivity contribution is 0.412. The van der Waals surface area contributed by atoms with Crippen molar-refractivity contribution in [2.24, 2.45) is 5.14 Å². The molecule has 0 aliphatic carbocycles. The van der Waals surface area contributed by atoms with Gasteiger partial charge in [-0.25, -0.2) is 23.1 Å². The van der Waals surface area contributed by atoms with Crippen molar-refractivity contribution < 1.29 is 17.9 Å². The number of nitrogens with zero attached hydrogens (tertiary/aromatic N) is 3. The normalized spacial score (nSPS) is 12.4. The van der Waals surface area contributed by atoms with Gasteiger partial charge in [0.05, 0.1) is 13.3 Å². The molecule has 0 amide bonds.